The monoisotopic (exact) mass is 361 g/mol. The first kappa shape index (κ1) is 17.7. The first-order chi connectivity index (χ1) is 9.17. The summed E-state index contributed by atoms with van der Waals surface area (Å²) in [5.74, 6) is 0.421. The number of likely N-dealkylation sites (N-methyl/N-ethyl adjacent to an activating group) is 1. The molecule has 0 saturated heterocycles. The molecule has 0 fully saturated rings. The second-order valence-corrected chi connectivity index (χ2v) is 9.81. The summed E-state index contributed by atoms with van der Waals surface area (Å²) < 4.78 is 24.8. The predicted octanol–water partition coefficient (Wildman–Crippen LogP) is 3.36. The highest BCUT2D eigenvalue weighted by molar-refractivity contribution is 9.10. The van der Waals surface area contributed by atoms with E-state index >= 15 is 0 Å². The third kappa shape index (κ3) is 4.86. The summed E-state index contributed by atoms with van der Waals surface area (Å²) >= 11 is 3.47. The van der Waals surface area contributed by atoms with Gasteiger partial charge in [-0.15, -0.1) is 0 Å². The van der Waals surface area contributed by atoms with Crippen LogP contribution in [0.15, 0.2) is 28.7 Å². The molecule has 0 radical (unpaired) electrons. The molecule has 1 atom stereocenters. The molecule has 20 heavy (non-hydrogen) atoms. The molecule has 0 aromatic heterocycles. The van der Waals surface area contributed by atoms with E-state index in [-0.39, 0.29) is 11.7 Å². The summed E-state index contributed by atoms with van der Waals surface area (Å²) in [5, 5.41) is 3.15. The van der Waals surface area contributed by atoms with Crippen LogP contribution in [-0.2, 0) is 9.84 Å². The number of rotatable bonds is 6. The molecule has 3 nitrogen and oxygen atoms in total. The highest BCUT2D eigenvalue weighted by Gasteiger charge is 2.29. The van der Waals surface area contributed by atoms with Crippen LogP contribution >= 0.6 is 15.9 Å². The standard InChI is InChI=1S/C15H24BrNO2S/c1-15(2,3)20(18,19)9-8-13(11-17-4)12-6-5-7-14(16)10-12/h5-7,10,13,17H,8-9,11H2,1-4H3. The molecule has 114 valence electrons. The Bertz CT molecular complexity index is 535. The minimum atomic E-state index is -3.07. The van der Waals surface area contributed by atoms with Gasteiger partial charge in [0.25, 0.3) is 0 Å². The zero-order valence-electron chi connectivity index (χ0n) is 12.6. The average molecular weight is 362 g/mol. The summed E-state index contributed by atoms with van der Waals surface area (Å²) in [6, 6.07) is 8.08. The van der Waals surface area contributed by atoms with Crippen molar-refractivity contribution in [1.29, 1.82) is 0 Å². The van der Waals surface area contributed by atoms with E-state index in [0.717, 1.165) is 16.6 Å². The van der Waals surface area contributed by atoms with E-state index in [0.29, 0.717) is 6.42 Å². The van der Waals surface area contributed by atoms with Crippen LogP contribution in [0.4, 0.5) is 0 Å². The number of hydrogen-bond acceptors (Lipinski definition) is 3. The normalized spacial score (nSPS) is 14.2. The van der Waals surface area contributed by atoms with E-state index in [2.05, 4.69) is 33.4 Å². The van der Waals surface area contributed by atoms with Crippen LogP contribution in [0.5, 0.6) is 0 Å². The van der Waals surface area contributed by atoms with Crippen molar-refractivity contribution in [3.8, 4) is 0 Å². The Hall–Kier alpha value is -0.390. The predicted molar refractivity (Wildman–Crippen MR) is 89.0 cm³/mol. The van der Waals surface area contributed by atoms with Crippen LogP contribution in [-0.4, -0.2) is 32.5 Å². The lowest BCUT2D eigenvalue weighted by Crippen LogP contribution is -2.31. The van der Waals surface area contributed by atoms with Crippen LogP contribution < -0.4 is 5.32 Å². The Balaban J connectivity index is 2.84. The van der Waals surface area contributed by atoms with E-state index < -0.39 is 14.6 Å². The molecule has 0 aliphatic rings. The quantitative estimate of drug-likeness (QED) is 0.844. The molecule has 1 N–H and O–H groups in total. The van der Waals surface area contributed by atoms with Gasteiger partial charge in [0.2, 0.25) is 0 Å². The van der Waals surface area contributed by atoms with Crippen molar-refractivity contribution < 1.29 is 8.42 Å². The third-order valence-electron chi connectivity index (χ3n) is 3.44. The number of halogens is 1. The smallest absolute Gasteiger partial charge is 0.155 e. The van der Waals surface area contributed by atoms with E-state index in [1.807, 2.05) is 19.2 Å². The molecule has 0 spiro atoms. The fourth-order valence-corrected chi connectivity index (χ4v) is 3.62. The zero-order chi connectivity index (χ0) is 15.4. The summed E-state index contributed by atoms with van der Waals surface area (Å²) in [6.45, 7) is 6.05. The molecule has 1 aromatic carbocycles. The van der Waals surface area contributed by atoms with Gasteiger partial charge in [-0.2, -0.15) is 0 Å². The molecular formula is C15H24BrNO2S. The van der Waals surface area contributed by atoms with Gasteiger partial charge in [-0.1, -0.05) is 28.1 Å². The molecule has 0 saturated carbocycles. The van der Waals surface area contributed by atoms with E-state index in [4.69, 9.17) is 0 Å². The second kappa shape index (κ2) is 7.05. The highest BCUT2D eigenvalue weighted by atomic mass is 79.9. The molecule has 0 bridgehead atoms. The lowest BCUT2D eigenvalue weighted by Gasteiger charge is -2.22. The van der Waals surface area contributed by atoms with Gasteiger partial charge in [-0.25, -0.2) is 8.42 Å². The minimum Gasteiger partial charge on any atom is -0.319 e. The van der Waals surface area contributed by atoms with Crippen molar-refractivity contribution in [3.05, 3.63) is 34.3 Å². The van der Waals surface area contributed by atoms with Crippen molar-refractivity contribution in [2.24, 2.45) is 0 Å². The van der Waals surface area contributed by atoms with Crippen molar-refractivity contribution >= 4 is 25.8 Å². The Morgan fingerprint density at radius 3 is 2.45 bits per heavy atom. The summed E-state index contributed by atoms with van der Waals surface area (Å²) in [5.41, 5.74) is 1.16. The topological polar surface area (TPSA) is 46.2 Å². The third-order valence-corrected chi connectivity index (χ3v) is 6.57. The molecule has 0 aliphatic carbocycles. The van der Waals surface area contributed by atoms with E-state index in [1.54, 1.807) is 20.8 Å². The lowest BCUT2D eigenvalue weighted by atomic mass is 9.96. The molecule has 1 aromatic rings. The maximum Gasteiger partial charge on any atom is 0.155 e. The molecule has 1 rings (SSSR count). The Labute approximate surface area is 131 Å². The highest BCUT2D eigenvalue weighted by Crippen LogP contribution is 2.25. The van der Waals surface area contributed by atoms with Gasteiger partial charge in [0.15, 0.2) is 9.84 Å². The van der Waals surface area contributed by atoms with Crippen LogP contribution in [0.1, 0.15) is 38.7 Å². The Morgan fingerprint density at radius 1 is 1.30 bits per heavy atom. The summed E-state index contributed by atoms with van der Waals surface area (Å²) in [7, 11) is -1.18. The SMILES string of the molecule is CNCC(CCS(=O)(=O)C(C)(C)C)c1cccc(Br)c1. The van der Waals surface area contributed by atoms with Gasteiger partial charge in [0.05, 0.1) is 10.5 Å². The number of sulfone groups is 1. The van der Waals surface area contributed by atoms with Crippen LogP contribution in [0, 0.1) is 0 Å². The molecule has 0 amide bonds. The van der Waals surface area contributed by atoms with Gasteiger partial charge in [-0.05, 0) is 57.9 Å². The largest absolute Gasteiger partial charge is 0.319 e. The molecule has 0 aliphatic heterocycles. The van der Waals surface area contributed by atoms with Gasteiger partial charge >= 0.3 is 0 Å². The Kier molecular flexibility index (Phi) is 6.23. The van der Waals surface area contributed by atoms with Gasteiger partial charge < -0.3 is 5.32 Å². The average Bonchev–Trinajstić information content (AvgIpc) is 2.33. The summed E-state index contributed by atoms with van der Waals surface area (Å²) in [6.07, 6.45) is 0.636. The van der Waals surface area contributed by atoms with E-state index in [9.17, 15) is 8.42 Å². The van der Waals surface area contributed by atoms with Crippen LogP contribution in [0.3, 0.4) is 0 Å². The van der Waals surface area contributed by atoms with Crippen LogP contribution in [0.25, 0.3) is 0 Å². The van der Waals surface area contributed by atoms with E-state index in [1.165, 1.54) is 0 Å². The van der Waals surface area contributed by atoms with Crippen molar-refractivity contribution in [3.63, 3.8) is 0 Å². The van der Waals surface area contributed by atoms with Crippen molar-refractivity contribution in [2.45, 2.75) is 37.9 Å². The molecule has 5 heteroatoms. The first-order valence-electron chi connectivity index (χ1n) is 6.80. The van der Waals surface area contributed by atoms with Crippen molar-refractivity contribution in [2.75, 3.05) is 19.3 Å². The number of hydrogen-bond donors (Lipinski definition) is 1. The van der Waals surface area contributed by atoms with Gasteiger partial charge in [0, 0.05) is 11.0 Å². The minimum absolute atomic E-state index is 0.203. The second-order valence-electron chi connectivity index (χ2n) is 6.03. The number of nitrogens with one attached hydrogen (secondary N) is 1. The molecule has 1 unspecified atom stereocenters. The first-order valence-corrected chi connectivity index (χ1v) is 9.24. The fraction of sp³-hybridized carbons (Fsp3) is 0.600. The van der Waals surface area contributed by atoms with Crippen LogP contribution in [0.2, 0.25) is 0 Å². The molecular weight excluding hydrogens is 338 g/mol. The maximum absolute atomic E-state index is 12.2. The fourth-order valence-electron chi connectivity index (χ4n) is 2.00. The summed E-state index contributed by atoms with van der Waals surface area (Å²) in [4.78, 5) is 0. The Morgan fingerprint density at radius 2 is 1.95 bits per heavy atom. The molecule has 0 heterocycles. The number of benzene rings is 1. The van der Waals surface area contributed by atoms with Gasteiger partial charge in [-0.3, -0.25) is 0 Å². The maximum atomic E-state index is 12.2. The van der Waals surface area contributed by atoms with Crippen molar-refractivity contribution in [1.82, 2.24) is 5.32 Å². The lowest BCUT2D eigenvalue weighted by molar-refractivity contribution is 0.546. The van der Waals surface area contributed by atoms with Gasteiger partial charge in [0.1, 0.15) is 0 Å². The zero-order valence-corrected chi connectivity index (χ0v) is 15.0.